The summed E-state index contributed by atoms with van der Waals surface area (Å²) in [6.45, 7) is 3.88. The number of rotatable bonds is 5. The largest absolute Gasteiger partial charge is 0.497 e. The molecule has 0 aromatic heterocycles. The first kappa shape index (κ1) is 14.8. The SMILES string of the molecule is CC[C@H](C)NC(=O)/C(C#N)=C/c1cccc(OC)c1. The molecule has 100 valence electrons. The van der Waals surface area contributed by atoms with Crippen molar-refractivity contribution in [2.75, 3.05) is 7.11 Å². The van der Waals surface area contributed by atoms with Gasteiger partial charge < -0.3 is 10.1 Å². The van der Waals surface area contributed by atoms with Gasteiger partial charge in [-0.25, -0.2) is 0 Å². The van der Waals surface area contributed by atoms with Crippen LogP contribution in [0.4, 0.5) is 0 Å². The molecule has 0 aliphatic carbocycles. The minimum atomic E-state index is -0.348. The molecule has 1 rings (SSSR count). The molecule has 1 atom stereocenters. The lowest BCUT2D eigenvalue weighted by molar-refractivity contribution is -0.117. The van der Waals surface area contributed by atoms with Gasteiger partial charge in [-0.1, -0.05) is 19.1 Å². The third-order valence-corrected chi connectivity index (χ3v) is 2.76. The van der Waals surface area contributed by atoms with Crippen molar-refractivity contribution in [3.8, 4) is 11.8 Å². The second kappa shape index (κ2) is 7.22. The molecule has 19 heavy (non-hydrogen) atoms. The highest BCUT2D eigenvalue weighted by Crippen LogP contribution is 2.15. The fraction of sp³-hybridized carbons (Fsp3) is 0.333. The van der Waals surface area contributed by atoms with Crippen LogP contribution in [0, 0.1) is 11.3 Å². The van der Waals surface area contributed by atoms with Crippen LogP contribution in [0.1, 0.15) is 25.8 Å². The van der Waals surface area contributed by atoms with E-state index in [1.54, 1.807) is 19.3 Å². The molecule has 4 nitrogen and oxygen atoms in total. The Morgan fingerprint density at radius 2 is 2.32 bits per heavy atom. The van der Waals surface area contributed by atoms with E-state index in [1.807, 2.05) is 38.1 Å². The van der Waals surface area contributed by atoms with Gasteiger partial charge in [0, 0.05) is 6.04 Å². The molecule has 0 saturated carbocycles. The molecule has 1 amide bonds. The number of ether oxygens (including phenoxy) is 1. The summed E-state index contributed by atoms with van der Waals surface area (Å²) in [5.41, 5.74) is 0.851. The Hall–Kier alpha value is -2.28. The van der Waals surface area contributed by atoms with E-state index in [1.165, 1.54) is 0 Å². The number of nitrogens with one attached hydrogen (secondary N) is 1. The van der Waals surface area contributed by atoms with Crippen molar-refractivity contribution in [1.29, 1.82) is 5.26 Å². The molecule has 0 fully saturated rings. The maximum Gasteiger partial charge on any atom is 0.262 e. The van der Waals surface area contributed by atoms with E-state index in [0.717, 1.165) is 12.0 Å². The van der Waals surface area contributed by atoms with E-state index < -0.39 is 0 Å². The summed E-state index contributed by atoms with van der Waals surface area (Å²) in [5.74, 6) is 0.341. The average molecular weight is 258 g/mol. The summed E-state index contributed by atoms with van der Waals surface area (Å²) in [6, 6.07) is 9.18. The Balaban J connectivity index is 2.92. The first-order chi connectivity index (χ1) is 9.10. The normalized spacial score (nSPS) is 12.4. The summed E-state index contributed by atoms with van der Waals surface area (Å²) < 4.78 is 5.10. The fourth-order valence-corrected chi connectivity index (χ4v) is 1.45. The number of hydrogen-bond donors (Lipinski definition) is 1. The molecular formula is C15H18N2O2. The van der Waals surface area contributed by atoms with E-state index >= 15 is 0 Å². The molecule has 0 heterocycles. The number of carbonyl (C=O) groups excluding carboxylic acids is 1. The van der Waals surface area contributed by atoms with E-state index in [4.69, 9.17) is 10.00 Å². The number of benzene rings is 1. The predicted octanol–water partition coefficient (Wildman–Crippen LogP) is 2.52. The third-order valence-electron chi connectivity index (χ3n) is 2.76. The van der Waals surface area contributed by atoms with Crippen LogP contribution < -0.4 is 10.1 Å². The second-order valence-electron chi connectivity index (χ2n) is 4.23. The summed E-state index contributed by atoms with van der Waals surface area (Å²) in [7, 11) is 1.57. The monoisotopic (exact) mass is 258 g/mol. The quantitative estimate of drug-likeness (QED) is 0.652. The Morgan fingerprint density at radius 1 is 1.58 bits per heavy atom. The highest BCUT2D eigenvalue weighted by Gasteiger charge is 2.11. The molecule has 0 saturated heterocycles. The molecule has 0 spiro atoms. The summed E-state index contributed by atoms with van der Waals surface area (Å²) >= 11 is 0. The third kappa shape index (κ3) is 4.47. The fourth-order valence-electron chi connectivity index (χ4n) is 1.45. The van der Waals surface area contributed by atoms with E-state index in [2.05, 4.69) is 5.32 Å². The van der Waals surface area contributed by atoms with Gasteiger partial charge in [0.15, 0.2) is 0 Å². The molecule has 0 radical (unpaired) electrons. The van der Waals surface area contributed by atoms with Crippen molar-refractivity contribution in [3.05, 3.63) is 35.4 Å². The predicted molar refractivity (Wildman–Crippen MR) is 74.5 cm³/mol. The second-order valence-corrected chi connectivity index (χ2v) is 4.23. The van der Waals surface area contributed by atoms with Gasteiger partial charge in [0.2, 0.25) is 0 Å². The van der Waals surface area contributed by atoms with E-state index in [9.17, 15) is 4.79 Å². The maximum absolute atomic E-state index is 11.9. The zero-order valence-corrected chi connectivity index (χ0v) is 11.4. The lowest BCUT2D eigenvalue weighted by Crippen LogP contribution is -2.32. The minimum absolute atomic E-state index is 0.0505. The van der Waals surface area contributed by atoms with Crippen LogP contribution in [0.15, 0.2) is 29.8 Å². The first-order valence-corrected chi connectivity index (χ1v) is 6.17. The van der Waals surface area contributed by atoms with Crippen molar-refractivity contribution < 1.29 is 9.53 Å². The van der Waals surface area contributed by atoms with Gasteiger partial charge in [0.25, 0.3) is 5.91 Å². The highest BCUT2D eigenvalue weighted by molar-refractivity contribution is 6.01. The summed E-state index contributed by atoms with van der Waals surface area (Å²) in [5, 5.41) is 11.8. The van der Waals surface area contributed by atoms with Gasteiger partial charge in [0.05, 0.1) is 7.11 Å². The van der Waals surface area contributed by atoms with Crippen LogP contribution in [-0.2, 0) is 4.79 Å². The van der Waals surface area contributed by atoms with Gasteiger partial charge in [-0.3, -0.25) is 4.79 Å². The molecule has 4 heteroatoms. The minimum Gasteiger partial charge on any atom is -0.497 e. The van der Waals surface area contributed by atoms with Crippen LogP contribution in [0.2, 0.25) is 0 Å². The zero-order chi connectivity index (χ0) is 14.3. The van der Waals surface area contributed by atoms with Crippen LogP contribution in [-0.4, -0.2) is 19.1 Å². The number of hydrogen-bond acceptors (Lipinski definition) is 3. The van der Waals surface area contributed by atoms with Crippen molar-refractivity contribution in [2.45, 2.75) is 26.3 Å². The van der Waals surface area contributed by atoms with Crippen molar-refractivity contribution >= 4 is 12.0 Å². The Morgan fingerprint density at radius 3 is 2.89 bits per heavy atom. The molecule has 1 N–H and O–H groups in total. The standard InChI is InChI=1S/C15H18N2O2/c1-4-11(2)17-15(18)13(10-16)8-12-6-5-7-14(9-12)19-3/h5-9,11H,4H2,1-3H3,(H,17,18)/b13-8+/t11-/m0/s1. The van der Waals surface area contributed by atoms with Gasteiger partial charge in [-0.2, -0.15) is 5.26 Å². The molecule has 1 aromatic rings. The maximum atomic E-state index is 11.9. The van der Waals surface area contributed by atoms with Gasteiger partial charge in [-0.05, 0) is 37.1 Å². The Labute approximate surface area is 113 Å². The number of amides is 1. The molecular weight excluding hydrogens is 240 g/mol. The molecule has 0 aliphatic heterocycles. The van der Waals surface area contributed by atoms with Crippen molar-refractivity contribution in [2.24, 2.45) is 0 Å². The van der Waals surface area contributed by atoms with Crippen molar-refractivity contribution in [1.82, 2.24) is 5.32 Å². The molecule has 0 unspecified atom stereocenters. The zero-order valence-electron chi connectivity index (χ0n) is 11.4. The average Bonchev–Trinajstić information content (AvgIpc) is 2.44. The highest BCUT2D eigenvalue weighted by atomic mass is 16.5. The first-order valence-electron chi connectivity index (χ1n) is 6.17. The molecule has 0 bridgehead atoms. The van der Waals surface area contributed by atoms with Crippen LogP contribution >= 0.6 is 0 Å². The van der Waals surface area contributed by atoms with E-state index in [0.29, 0.717) is 5.75 Å². The van der Waals surface area contributed by atoms with Crippen LogP contribution in [0.5, 0.6) is 5.75 Å². The summed E-state index contributed by atoms with van der Waals surface area (Å²) in [6.07, 6.45) is 2.38. The topological polar surface area (TPSA) is 62.1 Å². The van der Waals surface area contributed by atoms with Crippen LogP contribution in [0.25, 0.3) is 6.08 Å². The lowest BCUT2D eigenvalue weighted by atomic mass is 10.1. The number of carbonyl (C=O) groups is 1. The molecule has 0 aliphatic rings. The Kier molecular flexibility index (Phi) is 5.62. The molecule has 1 aromatic carbocycles. The van der Waals surface area contributed by atoms with E-state index in [-0.39, 0.29) is 17.5 Å². The number of methoxy groups -OCH3 is 1. The number of nitrogens with zero attached hydrogens (tertiary/aromatic N) is 1. The van der Waals surface area contributed by atoms with Gasteiger partial charge >= 0.3 is 0 Å². The lowest BCUT2D eigenvalue weighted by Gasteiger charge is -2.10. The van der Waals surface area contributed by atoms with Gasteiger partial charge in [-0.15, -0.1) is 0 Å². The van der Waals surface area contributed by atoms with Crippen LogP contribution in [0.3, 0.4) is 0 Å². The number of nitriles is 1. The van der Waals surface area contributed by atoms with Crippen molar-refractivity contribution in [3.63, 3.8) is 0 Å². The summed E-state index contributed by atoms with van der Waals surface area (Å²) in [4.78, 5) is 11.9. The smallest absolute Gasteiger partial charge is 0.262 e. The Bertz CT molecular complexity index is 515. The van der Waals surface area contributed by atoms with Gasteiger partial charge in [0.1, 0.15) is 17.4 Å².